The van der Waals surface area contributed by atoms with Gasteiger partial charge in [-0.25, -0.2) is 0 Å². The predicted octanol–water partition coefficient (Wildman–Crippen LogP) is 0.253. The first-order valence-electron chi connectivity index (χ1n) is 6.99. The zero-order chi connectivity index (χ0) is 12.4. The van der Waals surface area contributed by atoms with Crippen molar-refractivity contribution in [2.45, 2.75) is 56.8 Å². The van der Waals surface area contributed by atoms with E-state index < -0.39 is 0 Å². The molecular formula is C13H27N3O. The largest absolute Gasteiger partial charge is 0.395 e. The molecule has 2 rings (SSSR count). The number of likely N-dealkylation sites (tertiary alicyclic amines) is 1. The van der Waals surface area contributed by atoms with Crippen LogP contribution in [0.25, 0.3) is 0 Å². The predicted molar refractivity (Wildman–Crippen MR) is 69.9 cm³/mol. The third-order valence-corrected chi connectivity index (χ3v) is 4.80. The molecule has 2 aliphatic rings. The van der Waals surface area contributed by atoms with Gasteiger partial charge in [-0.15, -0.1) is 0 Å². The Bertz CT molecular complexity index is 249. The molecule has 4 nitrogen and oxygen atoms in total. The number of likely N-dealkylation sites (N-methyl/N-ethyl adjacent to an activating group) is 1. The van der Waals surface area contributed by atoms with Crippen LogP contribution >= 0.6 is 0 Å². The Morgan fingerprint density at radius 3 is 2.65 bits per heavy atom. The van der Waals surface area contributed by atoms with Crippen molar-refractivity contribution >= 4 is 0 Å². The van der Waals surface area contributed by atoms with Crippen LogP contribution < -0.4 is 5.73 Å². The van der Waals surface area contributed by atoms with Gasteiger partial charge in [0.15, 0.2) is 0 Å². The summed E-state index contributed by atoms with van der Waals surface area (Å²) >= 11 is 0. The number of fused-ring (bicyclic) bond motifs is 2. The molecule has 2 heterocycles. The van der Waals surface area contributed by atoms with E-state index in [2.05, 4.69) is 23.8 Å². The number of nitrogens with two attached hydrogens (primary N) is 1. The third-order valence-electron chi connectivity index (χ3n) is 4.80. The summed E-state index contributed by atoms with van der Waals surface area (Å²) in [6.07, 6.45) is 4.81. The first kappa shape index (κ1) is 13.3. The Morgan fingerprint density at radius 2 is 2.00 bits per heavy atom. The van der Waals surface area contributed by atoms with Crippen LogP contribution in [0.2, 0.25) is 0 Å². The van der Waals surface area contributed by atoms with E-state index in [0.29, 0.717) is 6.04 Å². The highest BCUT2D eigenvalue weighted by atomic mass is 16.3. The second-order valence-electron chi connectivity index (χ2n) is 5.66. The molecule has 3 N–H and O–H groups in total. The zero-order valence-electron chi connectivity index (χ0n) is 11.2. The molecule has 2 bridgehead atoms. The molecular weight excluding hydrogens is 214 g/mol. The van der Waals surface area contributed by atoms with E-state index >= 15 is 0 Å². The van der Waals surface area contributed by atoms with E-state index in [-0.39, 0.29) is 18.7 Å². The van der Waals surface area contributed by atoms with Crippen molar-refractivity contribution in [2.24, 2.45) is 5.73 Å². The summed E-state index contributed by atoms with van der Waals surface area (Å²) in [4.78, 5) is 4.96. The lowest BCUT2D eigenvalue weighted by Crippen LogP contribution is -2.52. The quantitative estimate of drug-likeness (QED) is 0.741. The van der Waals surface area contributed by atoms with Gasteiger partial charge in [0.05, 0.1) is 6.61 Å². The summed E-state index contributed by atoms with van der Waals surface area (Å²) in [5, 5.41) is 9.57. The highest BCUT2D eigenvalue weighted by Crippen LogP contribution is 2.29. The van der Waals surface area contributed by atoms with Crippen LogP contribution in [0.5, 0.6) is 0 Å². The van der Waals surface area contributed by atoms with Crippen LogP contribution in [-0.4, -0.2) is 65.8 Å². The van der Waals surface area contributed by atoms with E-state index in [9.17, 15) is 5.11 Å². The maximum Gasteiger partial charge on any atom is 0.0601 e. The second kappa shape index (κ2) is 5.65. The monoisotopic (exact) mass is 241 g/mol. The van der Waals surface area contributed by atoms with Crippen LogP contribution in [0, 0.1) is 0 Å². The van der Waals surface area contributed by atoms with E-state index in [1.165, 1.54) is 19.3 Å². The Kier molecular flexibility index (Phi) is 4.42. The number of rotatable bonds is 4. The molecule has 4 atom stereocenters. The lowest BCUT2D eigenvalue weighted by atomic mass is 10.0. The van der Waals surface area contributed by atoms with E-state index in [0.717, 1.165) is 25.6 Å². The third kappa shape index (κ3) is 2.65. The lowest BCUT2D eigenvalue weighted by Gasteiger charge is -2.35. The molecule has 0 aromatic heterocycles. The molecule has 0 amide bonds. The van der Waals surface area contributed by atoms with Crippen molar-refractivity contribution < 1.29 is 5.11 Å². The van der Waals surface area contributed by atoms with Gasteiger partial charge in [0, 0.05) is 37.3 Å². The van der Waals surface area contributed by atoms with Crippen LogP contribution in [0.15, 0.2) is 0 Å². The summed E-state index contributed by atoms with van der Waals surface area (Å²) in [7, 11) is 2.25. The fraction of sp³-hybridized carbons (Fsp3) is 1.00. The van der Waals surface area contributed by atoms with Gasteiger partial charge in [-0.2, -0.15) is 0 Å². The minimum atomic E-state index is 0.0990. The van der Waals surface area contributed by atoms with Crippen LogP contribution in [0.3, 0.4) is 0 Å². The number of aliphatic hydroxyl groups excluding tert-OH is 1. The molecule has 0 radical (unpaired) electrons. The Hall–Kier alpha value is -0.160. The minimum Gasteiger partial charge on any atom is -0.395 e. The van der Waals surface area contributed by atoms with Gasteiger partial charge in [0.1, 0.15) is 0 Å². The second-order valence-corrected chi connectivity index (χ2v) is 5.66. The van der Waals surface area contributed by atoms with Gasteiger partial charge in [-0.3, -0.25) is 9.80 Å². The maximum atomic E-state index is 9.57. The van der Waals surface area contributed by atoms with Crippen molar-refractivity contribution in [3.8, 4) is 0 Å². The molecule has 2 saturated heterocycles. The van der Waals surface area contributed by atoms with Crippen molar-refractivity contribution in [2.75, 3.05) is 26.7 Å². The van der Waals surface area contributed by atoms with Crippen LogP contribution in [-0.2, 0) is 0 Å². The van der Waals surface area contributed by atoms with Gasteiger partial charge >= 0.3 is 0 Å². The van der Waals surface area contributed by atoms with Gasteiger partial charge < -0.3 is 10.8 Å². The van der Waals surface area contributed by atoms with Gasteiger partial charge in [-0.1, -0.05) is 6.92 Å². The van der Waals surface area contributed by atoms with Gasteiger partial charge in [-0.05, 0) is 32.7 Å². The van der Waals surface area contributed by atoms with Gasteiger partial charge in [0.25, 0.3) is 0 Å². The summed E-state index contributed by atoms with van der Waals surface area (Å²) < 4.78 is 0. The number of hydrogen-bond donors (Lipinski definition) is 2. The maximum absolute atomic E-state index is 9.57. The fourth-order valence-electron chi connectivity index (χ4n) is 3.43. The fourth-order valence-corrected chi connectivity index (χ4v) is 3.43. The number of nitrogens with zero attached hydrogens (tertiary/aromatic N) is 2. The Labute approximate surface area is 105 Å². The summed E-state index contributed by atoms with van der Waals surface area (Å²) in [5.74, 6) is 0. The highest BCUT2D eigenvalue weighted by Gasteiger charge is 2.37. The number of hydrogen-bond acceptors (Lipinski definition) is 4. The average Bonchev–Trinajstić information content (AvgIpc) is 2.56. The number of aliphatic hydroxyl groups is 1. The van der Waals surface area contributed by atoms with Crippen molar-refractivity contribution in [1.29, 1.82) is 0 Å². The normalized spacial score (nSPS) is 34.6. The average molecular weight is 241 g/mol. The smallest absolute Gasteiger partial charge is 0.0601 e. The molecule has 4 heteroatoms. The molecule has 100 valence electrons. The SMILES string of the molecule is CCC(N)C(CO)N1CCC2CCC(C1)N2C. The van der Waals surface area contributed by atoms with Crippen LogP contribution in [0.1, 0.15) is 32.6 Å². The highest BCUT2D eigenvalue weighted by molar-refractivity contribution is 4.94. The van der Waals surface area contributed by atoms with Crippen molar-refractivity contribution in [1.82, 2.24) is 9.80 Å². The topological polar surface area (TPSA) is 52.7 Å². The molecule has 2 aliphatic heterocycles. The molecule has 17 heavy (non-hydrogen) atoms. The summed E-state index contributed by atoms with van der Waals surface area (Å²) in [6, 6.07) is 1.66. The zero-order valence-corrected chi connectivity index (χ0v) is 11.2. The molecule has 0 aromatic rings. The minimum absolute atomic E-state index is 0.0990. The van der Waals surface area contributed by atoms with E-state index in [4.69, 9.17) is 5.73 Å². The van der Waals surface area contributed by atoms with Crippen LogP contribution in [0.4, 0.5) is 0 Å². The Balaban J connectivity index is 2.02. The first-order valence-corrected chi connectivity index (χ1v) is 6.99. The molecule has 0 aromatic carbocycles. The molecule has 4 unspecified atom stereocenters. The summed E-state index contributed by atoms with van der Waals surface area (Å²) in [5.41, 5.74) is 6.13. The van der Waals surface area contributed by atoms with E-state index in [1.54, 1.807) is 0 Å². The van der Waals surface area contributed by atoms with E-state index in [1.807, 2.05) is 0 Å². The first-order chi connectivity index (χ1) is 8.17. The van der Waals surface area contributed by atoms with Gasteiger partial charge in [0.2, 0.25) is 0 Å². The molecule has 0 aliphatic carbocycles. The summed E-state index contributed by atoms with van der Waals surface area (Å²) in [6.45, 7) is 4.45. The lowest BCUT2D eigenvalue weighted by molar-refractivity contribution is 0.0937. The molecule has 2 fully saturated rings. The molecule has 0 saturated carbocycles. The van der Waals surface area contributed by atoms with Crippen molar-refractivity contribution in [3.63, 3.8) is 0 Å². The Morgan fingerprint density at radius 1 is 1.29 bits per heavy atom. The standard InChI is InChI=1S/C13H27N3O/c1-3-12(14)13(9-17)16-7-6-10-4-5-11(8-16)15(10)2/h10-13,17H,3-9,14H2,1-2H3. The van der Waals surface area contributed by atoms with Crippen molar-refractivity contribution in [3.05, 3.63) is 0 Å². The molecule has 0 spiro atoms.